The third-order valence-corrected chi connectivity index (χ3v) is 9.98. The van der Waals surface area contributed by atoms with Crippen molar-refractivity contribution in [1.82, 2.24) is 25.1 Å². The lowest BCUT2D eigenvalue weighted by Gasteiger charge is -2.56. The summed E-state index contributed by atoms with van der Waals surface area (Å²) in [5.41, 5.74) is -3.24. The number of unbranched alkanes of at least 4 members (excludes halogenated alkanes) is 2. The lowest BCUT2D eigenvalue weighted by molar-refractivity contribution is -0.298. The molecule has 0 saturated carbocycles. The Bertz CT molecular complexity index is 1120. The molecule has 0 amide bonds. The molecule has 0 unspecified atom stereocenters. The van der Waals surface area contributed by atoms with Gasteiger partial charge >= 0.3 is 0 Å². The van der Waals surface area contributed by atoms with Gasteiger partial charge in [-0.25, -0.2) is 0 Å². The summed E-state index contributed by atoms with van der Waals surface area (Å²) in [7, 11) is 0. The van der Waals surface area contributed by atoms with E-state index in [0.29, 0.717) is 17.8 Å². The first-order chi connectivity index (χ1) is 23.4. The standard InChI is InChI=1S/C38H74N8O5/c1-15-17-19-43(28-21-33(3,4)45(34(5,6)22-28)50-25-37(11,12)48)31-40-30(39-27-47)41-32(42-31)44(20-18-16-2)29-23-35(7,8)46(36(9,10)24-29)51-26-38(13,14)49/h28-29,47-49H,15-27H2,1-14H3,(H,39,40,41,42). The maximum atomic E-state index is 10.5. The Labute approximate surface area is 309 Å². The van der Waals surface area contributed by atoms with Crippen LogP contribution in [-0.2, 0) is 9.68 Å². The van der Waals surface area contributed by atoms with Crippen LogP contribution in [0.5, 0.6) is 0 Å². The van der Waals surface area contributed by atoms with Crippen LogP contribution in [0.2, 0.25) is 0 Å². The molecule has 0 atom stereocenters. The number of rotatable bonds is 18. The molecule has 0 spiro atoms. The highest BCUT2D eigenvalue weighted by atomic mass is 16.7. The van der Waals surface area contributed by atoms with Gasteiger partial charge in [0.05, 0.1) is 24.4 Å². The topological polar surface area (TPSA) is 143 Å². The van der Waals surface area contributed by atoms with Crippen LogP contribution in [0.4, 0.5) is 17.8 Å². The van der Waals surface area contributed by atoms with Crippen LogP contribution in [0.15, 0.2) is 0 Å². The molecule has 51 heavy (non-hydrogen) atoms. The van der Waals surface area contributed by atoms with Crippen molar-refractivity contribution in [2.75, 3.05) is 48.2 Å². The first kappa shape index (κ1) is 43.5. The Kier molecular flexibility index (Phi) is 14.2. The summed E-state index contributed by atoms with van der Waals surface area (Å²) in [4.78, 5) is 32.5. The molecule has 2 saturated heterocycles. The fourth-order valence-electron chi connectivity index (χ4n) is 8.32. The van der Waals surface area contributed by atoms with Gasteiger partial charge in [0.1, 0.15) is 6.73 Å². The minimum Gasteiger partial charge on any atom is -0.388 e. The zero-order valence-corrected chi connectivity index (χ0v) is 34.6. The normalized spacial score (nSPS) is 21.5. The molecule has 3 rings (SSSR count). The molecule has 0 aliphatic carbocycles. The van der Waals surface area contributed by atoms with Crippen molar-refractivity contribution in [3.63, 3.8) is 0 Å². The van der Waals surface area contributed by atoms with Crippen molar-refractivity contribution in [3.05, 3.63) is 0 Å². The molecule has 2 fully saturated rings. The molecule has 3 heterocycles. The zero-order chi connectivity index (χ0) is 38.6. The average molecular weight is 723 g/mol. The van der Waals surface area contributed by atoms with E-state index in [1.807, 2.05) is 0 Å². The second-order valence-electron chi connectivity index (χ2n) is 18.8. The Morgan fingerprint density at radius 3 is 1.27 bits per heavy atom. The van der Waals surface area contributed by atoms with E-state index in [1.165, 1.54) is 0 Å². The van der Waals surface area contributed by atoms with Gasteiger partial charge in [0.2, 0.25) is 17.8 Å². The van der Waals surface area contributed by atoms with E-state index in [1.54, 1.807) is 27.7 Å². The van der Waals surface area contributed by atoms with Crippen molar-refractivity contribution in [1.29, 1.82) is 0 Å². The molecule has 0 radical (unpaired) electrons. The molecule has 1 aromatic rings. The summed E-state index contributed by atoms with van der Waals surface area (Å²) in [5, 5.41) is 38.1. The number of aliphatic hydroxyl groups is 3. The van der Waals surface area contributed by atoms with Crippen molar-refractivity contribution in [2.45, 2.75) is 194 Å². The van der Waals surface area contributed by atoms with Crippen molar-refractivity contribution >= 4 is 17.8 Å². The van der Waals surface area contributed by atoms with Crippen LogP contribution in [0.25, 0.3) is 0 Å². The summed E-state index contributed by atoms with van der Waals surface area (Å²) in [6, 6.07) is 0.220. The number of hydrogen-bond acceptors (Lipinski definition) is 13. The monoisotopic (exact) mass is 723 g/mol. The summed E-state index contributed by atoms with van der Waals surface area (Å²) in [6.45, 7) is 30.8. The number of nitrogens with zero attached hydrogens (tertiary/aromatic N) is 7. The van der Waals surface area contributed by atoms with Gasteiger partial charge in [0, 0.05) is 47.3 Å². The number of aromatic nitrogens is 3. The van der Waals surface area contributed by atoms with E-state index in [9.17, 15) is 15.3 Å². The molecule has 13 heteroatoms. The minimum absolute atomic E-state index is 0.110. The fraction of sp³-hybridized carbons (Fsp3) is 0.921. The fourth-order valence-corrected chi connectivity index (χ4v) is 8.32. The van der Waals surface area contributed by atoms with Gasteiger partial charge in [-0.1, -0.05) is 26.7 Å². The smallest absolute Gasteiger partial charge is 0.232 e. The Morgan fingerprint density at radius 1 is 0.667 bits per heavy atom. The van der Waals surface area contributed by atoms with Crippen LogP contribution in [0.3, 0.4) is 0 Å². The highest BCUT2D eigenvalue weighted by Gasteiger charge is 2.50. The number of nitrogens with one attached hydrogen (secondary N) is 1. The van der Waals surface area contributed by atoms with Crippen LogP contribution in [0.1, 0.15) is 148 Å². The molecular weight excluding hydrogens is 648 g/mol. The first-order valence-corrected chi connectivity index (χ1v) is 19.3. The Morgan fingerprint density at radius 2 is 1.00 bits per heavy atom. The van der Waals surface area contributed by atoms with Gasteiger partial charge in [-0.2, -0.15) is 25.1 Å². The van der Waals surface area contributed by atoms with Crippen LogP contribution in [-0.4, -0.2) is 119 Å². The molecule has 2 aliphatic heterocycles. The van der Waals surface area contributed by atoms with E-state index in [0.717, 1.165) is 64.5 Å². The molecular formula is C38H74N8O5. The second-order valence-corrected chi connectivity index (χ2v) is 18.8. The third-order valence-electron chi connectivity index (χ3n) is 9.98. The molecule has 4 N–H and O–H groups in total. The largest absolute Gasteiger partial charge is 0.388 e. The molecule has 2 aliphatic rings. The van der Waals surface area contributed by atoms with Crippen LogP contribution in [0, 0.1) is 0 Å². The van der Waals surface area contributed by atoms with Gasteiger partial charge < -0.3 is 30.4 Å². The van der Waals surface area contributed by atoms with Crippen LogP contribution < -0.4 is 15.1 Å². The van der Waals surface area contributed by atoms with Crippen molar-refractivity contribution in [3.8, 4) is 0 Å². The lowest BCUT2D eigenvalue weighted by Crippen LogP contribution is -2.65. The van der Waals surface area contributed by atoms with Gasteiger partial charge in [0.25, 0.3) is 0 Å². The molecule has 13 nitrogen and oxygen atoms in total. The summed E-state index contributed by atoms with van der Waals surface area (Å²) in [5.74, 6) is 1.57. The highest BCUT2D eigenvalue weighted by molar-refractivity contribution is 5.47. The number of piperidine rings is 2. The number of hydroxylamine groups is 4. The lowest BCUT2D eigenvalue weighted by atomic mass is 9.78. The third kappa shape index (κ3) is 11.8. The zero-order valence-electron chi connectivity index (χ0n) is 34.6. The minimum atomic E-state index is -0.943. The van der Waals surface area contributed by atoms with Gasteiger partial charge in [0.15, 0.2) is 0 Å². The quantitative estimate of drug-likeness (QED) is 0.134. The Hall–Kier alpha value is -1.87. The predicted octanol–water partition coefficient (Wildman–Crippen LogP) is 5.89. The maximum absolute atomic E-state index is 10.5. The predicted molar refractivity (Wildman–Crippen MR) is 206 cm³/mol. The van der Waals surface area contributed by atoms with E-state index < -0.39 is 11.2 Å². The average Bonchev–Trinajstić information content (AvgIpc) is 2.94. The van der Waals surface area contributed by atoms with Gasteiger partial charge in [-0.15, -0.1) is 0 Å². The van der Waals surface area contributed by atoms with Gasteiger partial charge in [-0.3, -0.25) is 9.68 Å². The molecule has 0 bridgehead atoms. The first-order valence-electron chi connectivity index (χ1n) is 19.3. The molecule has 296 valence electrons. The number of aliphatic hydroxyl groups excluding tert-OH is 1. The van der Waals surface area contributed by atoms with Crippen LogP contribution >= 0.6 is 0 Å². The van der Waals surface area contributed by atoms with E-state index in [4.69, 9.17) is 24.6 Å². The SMILES string of the molecule is CCCCN(c1nc(NCO)nc(N(CCCC)C2CC(C)(C)N(OCC(C)(C)O)C(C)(C)C2)n1)C1CC(C)(C)N(OCC(C)(C)O)C(C)(C)C1. The van der Waals surface area contributed by atoms with E-state index in [2.05, 4.69) is 94.5 Å². The van der Waals surface area contributed by atoms with Gasteiger partial charge in [-0.05, 0) is 122 Å². The molecule has 0 aromatic carbocycles. The number of anilines is 3. The van der Waals surface area contributed by atoms with Crippen molar-refractivity contribution < 1.29 is 25.0 Å². The summed E-state index contributed by atoms with van der Waals surface area (Å²) < 4.78 is 0. The highest BCUT2D eigenvalue weighted by Crippen LogP contribution is 2.44. The van der Waals surface area contributed by atoms with Crippen molar-refractivity contribution in [2.24, 2.45) is 0 Å². The molecule has 1 aromatic heterocycles. The van der Waals surface area contributed by atoms with E-state index >= 15 is 0 Å². The summed E-state index contributed by atoms with van der Waals surface area (Å²) >= 11 is 0. The maximum Gasteiger partial charge on any atom is 0.232 e. The van der Waals surface area contributed by atoms with E-state index in [-0.39, 0.29) is 54.2 Å². The second kappa shape index (κ2) is 16.7. The summed E-state index contributed by atoms with van der Waals surface area (Å²) in [6.07, 6.45) is 7.23. The Balaban J connectivity index is 2.07. The number of hydrogen-bond donors (Lipinski definition) is 4.